The van der Waals surface area contributed by atoms with E-state index in [2.05, 4.69) is 39.1 Å². The molecule has 2 atom stereocenters. The highest BCUT2D eigenvalue weighted by molar-refractivity contribution is 5.02. The molecule has 0 aliphatic carbocycles. The number of methoxy groups -OCH3 is 1. The molecule has 0 aromatic carbocycles. The maximum Gasteiger partial charge on any atom is 0.240 e. The molecule has 2 aromatic heterocycles. The van der Waals surface area contributed by atoms with E-state index in [1.165, 1.54) is 0 Å². The van der Waals surface area contributed by atoms with Gasteiger partial charge in [-0.15, -0.1) is 10.2 Å². The summed E-state index contributed by atoms with van der Waals surface area (Å²) in [6.07, 6.45) is 4.71. The molecular formula is C16H26N6O2. The van der Waals surface area contributed by atoms with E-state index in [-0.39, 0.29) is 12.1 Å². The molecule has 0 unspecified atom stereocenters. The fraction of sp³-hybridized carbons (Fsp3) is 0.750. The summed E-state index contributed by atoms with van der Waals surface area (Å²) in [5, 5.41) is 12.4. The molecule has 0 spiro atoms. The molecule has 0 bridgehead atoms. The standard InChI is InChI=1S/C16H26N6O2/c1-11(2)5-6-14-18-15(24-20-14)9-22-8-12(23-4)7-13(22)16-19-17-10-21(16)3/h10-13H,5-9H2,1-4H3/t12-,13+/m1/s1. The second-order valence-corrected chi connectivity index (χ2v) is 6.88. The molecule has 3 heterocycles. The number of hydrogen-bond acceptors (Lipinski definition) is 7. The molecule has 0 saturated carbocycles. The van der Waals surface area contributed by atoms with Crippen LogP contribution in [-0.4, -0.2) is 49.6 Å². The van der Waals surface area contributed by atoms with E-state index in [0.717, 1.165) is 37.5 Å². The largest absolute Gasteiger partial charge is 0.380 e. The summed E-state index contributed by atoms with van der Waals surface area (Å²) in [5.74, 6) is 3.01. The molecular weight excluding hydrogens is 308 g/mol. The molecule has 24 heavy (non-hydrogen) atoms. The van der Waals surface area contributed by atoms with Crippen LogP contribution in [0.5, 0.6) is 0 Å². The number of likely N-dealkylation sites (tertiary alicyclic amines) is 1. The van der Waals surface area contributed by atoms with Crippen molar-refractivity contribution in [2.24, 2.45) is 13.0 Å². The third-order valence-electron chi connectivity index (χ3n) is 4.54. The summed E-state index contributed by atoms with van der Waals surface area (Å²) in [6.45, 7) is 5.81. The van der Waals surface area contributed by atoms with Gasteiger partial charge < -0.3 is 13.8 Å². The van der Waals surface area contributed by atoms with Gasteiger partial charge in [0, 0.05) is 27.1 Å². The molecule has 3 rings (SSSR count). The Labute approximate surface area is 142 Å². The molecule has 1 aliphatic rings. The third-order valence-corrected chi connectivity index (χ3v) is 4.54. The minimum atomic E-state index is 0.147. The molecule has 0 radical (unpaired) electrons. The quantitative estimate of drug-likeness (QED) is 0.763. The molecule has 0 N–H and O–H groups in total. The monoisotopic (exact) mass is 334 g/mol. The van der Waals surface area contributed by atoms with Crippen molar-refractivity contribution in [2.75, 3.05) is 13.7 Å². The van der Waals surface area contributed by atoms with Crippen molar-refractivity contribution in [3.05, 3.63) is 23.9 Å². The molecule has 1 saturated heterocycles. The average molecular weight is 334 g/mol. The minimum absolute atomic E-state index is 0.147. The first-order valence-corrected chi connectivity index (χ1v) is 8.49. The van der Waals surface area contributed by atoms with Crippen LogP contribution in [0.3, 0.4) is 0 Å². The number of aromatic nitrogens is 5. The fourth-order valence-electron chi connectivity index (χ4n) is 3.12. The lowest BCUT2D eigenvalue weighted by Crippen LogP contribution is -2.26. The van der Waals surface area contributed by atoms with Crippen LogP contribution in [0.25, 0.3) is 0 Å². The van der Waals surface area contributed by atoms with Crippen LogP contribution < -0.4 is 0 Å². The van der Waals surface area contributed by atoms with Gasteiger partial charge in [0.05, 0.1) is 18.7 Å². The van der Waals surface area contributed by atoms with Crippen molar-refractivity contribution < 1.29 is 9.26 Å². The number of aryl methyl sites for hydroxylation is 2. The number of hydrogen-bond donors (Lipinski definition) is 0. The van der Waals surface area contributed by atoms with Crippen LogP contribution in [-0.2, 0) is 24.8 Å². The summed E-state index contributed by atoms with van der Waals surface area (Å²) in [7, 11) is 3.71. The Hall–Kier alpha value is -1.80. The second-order valence-electron chi connectivity index (χ2n) is 6.88. The van der Waals surface area contributed by atoms with E-state index >= 15 is 0 Å². The van der Waals surface area contributed by atoms with Gasteiger partial charge in [0.2, 0.25) is 5.89 Å². The Morgan fingerprint density at radius 2 is 2.25 bits per heavy atom. The zero-order chi connectivity index (χ0) is 17.1. The van der Waals surface area contributed by atoms with Crippen molar-refractivity contribution in [1.82, 2.24) is 29.8 Å². The van der Waals surface area contributed by atoms with E-state index in [9.17, 15) is 0 Å². The van der Waals surface area contributed by atoms with E-state index in [1.54, 1.807) is 13.4 Å². The molecule has 8 heteroatoms. The highest BCUT2D eigenvalue weighted by Crippen LogP contribution is 2.33. The Kier molecular flexibility index (Phi) is 5.25. The highest BCUT2D eigenvalue weighted by atomic mass is 16.5. The van der Waals surface area contributed by atoms with Gasteiger partial charge in [-0.25, -0.2) is 0 Å². The zero-order valence-electron chi connectivity index (χ0n) is 14.8. The topological polar surface area (TPSA) is 82.1 Å². The van der Waals surface area contributed by atoms with E-state index in [4.69, 9.17) is 9.26 Å². The van der Waals surface area contributed by atoms with Gasteiger partial charge >= 0.3 is 0 Å². The smallest absolute Gasteiger partial charge is 0.240 e. The summed E-state index contributed by atoms with van der Waals surface area (Å²) < 4.78 is 12.9. The van der Waals surface area contributed by atoms with Crippen molar-refractivity contribution in [3.8, 4) is 0 Å². The lowest BCUT2D eigenvalue weighted by atomic mass is 10.1. The Morgan fingerprint density at radius 1 is 1.42 bits per heavy atom. The number of nitrogens with zero attached hydrogens (tertiary/aromatic N) is 6. The molecule has 0 amide bonds. The van der Waals surface area contributed by atoms with Gasteiger partial charge in [-0.3, -0.25) is 4.90 Å². The highest BCUT2D eigenvalue weighted by Gasteiger charge is 2.36. The summed E-state index contributed by atoms with van der Waals surface area (Å²) in [4.78, 5) is 6.81. The van der Waals surface area contributed by atoms with Crippen LogP contribution in [0.2, 0.25) is 0 Å². The van der Waals surface area contributed by atoms with Crippen molar-refractivity contribution in [1.29, 1.82) is 0 Å². The molecule has 1 fully saturated rings. The van der Waals surface area contributed by atoms with Crippen LogP contribution >= 0.6 is 0 Å². The summed E-state index contributed by atoms with van der Waals surface area (Å²) in [6, 6.07) is 0.147. The normalized spacial score (nSPS) is 21.9. The first-order chi connectivity index (χ1) is 11.6. The van der Waals surface area contributed by atoms with Gasteiger partial charge in [0.25, 0.3) is 0 Å². The number of ether oxygens (including phenoxy) is 1. The first kappa shape index (κ1) is 17.0. The Balaban J connectivity index is 1.69. The molecule has 2 aromatic rings. The number of rotatable bonds is 7. The van der Waals surface area contributed by atoms with Crippen LogP contribution in [0.4, 0.5) is 0 Å². The first-order valence-electron chi connectivity index (χ1n) is 8.49. The van der Waals surface area contributed by atoms with Crippen molar-refractivity contribution >= 4 is 0 Å². The molecule has 8 nitrogen and oxygen atoms in total. The van der Waals surface area contributed by atoms with Gasteiger partial charge in [0.15, 0.2) is 5.82 Å². The molecule has 132 valence electrons. The maximum atomic E-state index is 5.55. The summed E-state index contributed by atoms with van der Waals surface area (Å²) >= 11 is 0. The van der Waals surface area contributed by atoms with Crippen molar-refractivity contribution in [3.63, 3.8) is 0 Å². The van der Waals surface area contributed by atoms with E-state index < -0.39 is 0 Å². The van der Waals surface area contributed by atoms with Crippen LogP contribution in [0.1, 0.15) is 50.3 Å². The van der Waals surface area contributed by atoms with E-state index in [1.807, 2.05) is 11.6 Å². The fourth-order valence-corrected chi connectivity index (χ4v) is 3.12. The van der Waals surface area contributed by atoms with Gasteiger partial charge in [-0.1, -0.05) is 19.0 Å². The minimum Gasteiger partial charge on any atom is -0.380 e. The van der Waals surface area contributed by atoms with Gasteiger partial charge in [0.1, 0.15) is 12.2 Å². The Morgan fingerprint density at radius 3 is 2.92 bits per heavy atom. The lowest BCUT2D eigenvalue weighted by Gasteiger charge is -2.21. The van der Waals surface area contributed by atoms with Crippen molar-refractivity contribution in [2.45, 2.75) is 51.8 Å². The Bertz CT molecular complexity index is 653. The van der Waals surface area contributed by atoms with Gasteiger partial charge in [-0.05, 0) is 18.8 Å². The average Bonchev–Trinajstić information content (AvgIpc) is 3.25. The second kappa shape index (κ2) is 7.40. The van der Waals surface area contributed by atoms with Crippen LogP contribution in [0.15, 0.2) is 10.9 Å². The summed E-state index contributed by atoms with van der Waals surface area (Å²) in [5.41, 5.74) is 0. The third kappa shape index (κ3) is 3.81. The maximum absolute atomic E-state index is 5.55. The van der Waals surface area contributed by atoms with Crippen LogP contribution in [0, 0.1) is 5.92 Å². The van der Waals surface area contributed by atoms with E-state index in [0.29, 0.717) is 18.4 Å². The van der Waals surface area contributed by atoms with Gasteiger partial charge in [-0.2, -0.15) is 4.98 Å². The SMILES string of the molecule is CO[C@@H]1C[C@@H](c2nncn2C)N(Cc2nc(CCC(C)C)no2)C1. The lowest BCUT2D eigenvalue weighted by molar-refractivity contribution is 0.105. The zero-order valence-corrected chi connectivity index (χ0v) is 14.8. The predicted octanol–water partition coefficient (Wildman–Crippen LogP) is 1.75. The molecule has 1 aliphatic heterocycles. The predicted molar refractivity (Wildman–Crippen MR) is 87.0 cm³/mol.